The fourth-order valence-corrected chi connectivity index (χ4v) is 2.37. The van der Waals surface area contributed by atoms with Crippen LogP contribution < -0.4 is 5.73 Å². The number of halogens is 1. The summed E-state index contributed by atoms with van der Waals surface area (Å²) in [6, 6.07) is 8.43. The predicted molar refractivity (Wildman–Crippen MR) is 64.9 cm³/mol. The molecule has 15 heavy (non-hydrogen) atoms. The highest BCUT2D eigenvalue weighted by Gasteiger charge is 2.23. The van der Waals surface area contributed by atoms with Crippen LogP contribution in [0.25, 0.3) is 0 Å². The fourth-order valence-electron chi connectivity index (χ4n) is 1.95. The summed E-state index contributed by atoms with van der Waals surface area (Å²) < 4.78 is 6.32. The van der Waals surface area contributed by atoms with Crippen LogP contribution in [0.15, 0.2) is 28.7 Å². The highest BCUT2D eigenvalue weighted by Crippen LogP contribution is 2.28. The molecule has 1 unspecified atom stereocenters. The second-order valence-corrected chi connectivity index (χ2v) is 5.04. The van der Waals surface area contributed by atoms with Gasteiger partial charge in [-0.2, -0.15) is 0 Å². The first-order valence-electron chi connectivity index (χ1n) is 5.33. The molecule has 1 saturated heterocycles. The molecule has 3 heteroatoms. The number of hydrogen-bond donors (Lipinski definition) is 1. The van der Waals surface area contributed by atoms with Crippen molar-refractivity contribution in [2.45, 2.75) is 12.3 Å². The van der Waals surface area contributed by atoms with Crippen molar-refractivity contribution in [2.24, 2.45) is 11.7 Å². The molecule has 0 spiro atoms. The van der Waals surface area contributed by atoms with Gasteiger partial charge in [0.05, 0.1) is 13.2 Å². The lowest BCUT2D eigenvalue weighted by molar-refractivity contribution is -0.0382. The van der Waals surface area contributed by atoms with Crippen molar-refractivity contribution in [1.82, 2.24) is 0 Å². The number of nitrogens with two attached hydrogens (primary N) is 1. The zero-order valence-corrected chi connectivity index (χ0v) is 10.2. The van der Waals surface area contributed by atoms with Crippen LogP contribution in [0.2, 0.25) is 0 Å². The maximum Gasteiger partial charge on any atom is 0.0516 e. The Morgan fingerprint density at radius 2 is 2.27 bits per heavy atom. The zero-order chi connectivity index (χ0) is 10.7. The summed E-state index contributed by atoms with van der Waals surface area (Å²) in [6.07, 6.45) is 1.15. The topological polar surface area (TPSA) is 35.2 Å². The molecular formula is C12H16BrNO. The van der Waals surface area contributed by atoms with Crippen molar-refractivity contribution in [2.75, 3.05) is 19.8 Å². The van der Waals surface area contributed by atoms with Gasteiger partial charge < -0.3 is 10.5 Å². The lowest BCUT2D eigenvalue weighted by Crippen LogP contribution is -2.30. The maximum absolute atomic E-state index is 5.83. The van der Waals surface area contributed by atoms with Crippen LogP contribution >= 0.6 is 15.9 Å². The molecule has 0 aliphatic carbocycles. The van der Waals surface area contributed by atoms with Gasteiger partial charge in [0.2, 0.25) is 0 Å². The largest absolute Gasteiger partial charge is 0.381 e. The van der Waals surface area contributed by atoms with Crippen molar-refractivity contribution in [3.05, 3.63) is 34.3 Å². The molecule has 1 aliphatic heterocycles. The van der Waals surface area contributed by atoms with Crippen molar-refractivity contribution >= 4 is 15.9 Å². The van der Waals surface area contributed by atoms with Gasteiger partial charge in [-0.25, -0.2) is 0 Å². The molecule has 2 rings (SSSR count). The van der Waals surface area contributed by atoms with Gasteiger partial charge in [-0.1, -0.05) is 28.1 Å². The molecule has 82 valence electrons. The SMILES string of the molecule is NCC(CC1COC1)c1cccc(Br)c1. The molecule has 2 nitrogen and oxygen atoms in total. The Labute approximate surface area is 98.9 Å². The van der Waals surface area contributed by atoms with Crippen LogP contribution in [0, 0.1) is 5.92 Å². The van der Waals surface area contributed by atoms with Gasteiger partial charge in [0.1, 0.15) is 0 Å². The predicted octanol–water partition coefficient (Wildman–Crippen LogP) is 2.53. The molecule has 0 saturated carbocycles. The summed E-state index contributed by atoms with van der Waals surface area (Å²) in [4.78, 5) is 0. The second kappa shape index (κ2) is 5.10. The Balaban J connectivity index is 2.04. The number of hydrogen-bond acceptors (Lipinski definition) is 2. The molecular weight excluding hydrogens is 254 g/mol. The van der Waals surface area contributed by atoms with E-state index in [1.54, 1.807) is 0 Å². The molecule has 1 aromatic rings. The van der Waals surface area contributed by atoms with E-state index < -0.39 is 0 Å². The van der Waals surface area contributed by atoms with Gasteiger partial charge >= 0.3 is 0 Å². The molecule has 0 aromatic heterocycles. The van der Waals surface area contributed by atoms with Crippen molar-refractivity contribution in [3.8, 4) is 0 Å². The van der Waals surface area contributed by atoms with E-state index in [-0.39, 0.29) is 0 Å². The third-order valence-electron chi connectivity index (χ3n) is 2.93. The normalized spacial score (nSPS) is 18.5. The molecule has 2 N–H and O–H groups in total. The van der Waals surface area contributed by atoms with E-state index in [4.69, 9.17) is 10.5 Å². The molecule has 1 heterocycles. The summed E-state index contributed by atoms with van der Waals surface area (Å²) in [5.41, 5.74) is 7.16. The van der Waals surface area contributed by atoms with Gasteiger partial charge in [-0.05, 0) is 36.6 Å². The Bertz CT molecular complexity index is 325. The van der Waals surface area contributed by atoms with Crippen LogP contribution in [0.1, 0.15) is 17.9 Å². The van der Waals surface area contributed by atoms with E-state index in [1.165, 1.54) is 5.56 Å². The maximum atomic E-state index is 5.83. The van der Waals surface area contributed by atoms with Crippen molar-refractivity contribution in [1.29, 1.82) is 0 Å². The Kier molecular flexibility index (Phi) is 3.78. The average Bonchev–Trinajstić information content (AvgIpc) is 2.16. The van der Waals surface area contributed by atoms with E-state index in [1.807, 2.05) is 6.07 Å². The molecule has 1 aromatic carbocycles. The van der Waals surface area contributed by atoms with Gasteiger partial charge in [-0.3, -0.25) is 0 Å². The minimum absolute atomic E-state index is 0.469. The van der Waals surface area contributed by atoms with Crippen LogP contribution in [-0.4, -0.2) is 19.8 Å². The molecule has 0 radical (unpaired) electrons. The monoisotopic (exact) mass is 269 g/mol. The summed E-state index contributed by atoms with van der Waals surface area (Å²) in [5, 5.41) is 0. The van der Waals surface area contributed by atoms with Crippen LogP contribution in [0.3, 0.4) is 0 Å². The summed E-state index contributed by atoms with van der Waals surface area (Å²) >= 11 is 3.49. The van der Waals surface area contributed by atoms with Crippen LogP contribution in [-0.2, 0) is 4.74 Å². The summed E-state index contributed by atoms with van der Waals surface area (Å²) in [7, 11) is 0. The van der Waals surface area contributed by atoms with Crippen LogP contribution in [0.4, 0.5) is 0 Å². The Hall–Kier alpha value is -0.380. The van der Waals surface area contributed by atoms with E-state index in [0.29, 0.717) is 18.4 Å². The van der Waals surface area contributed by atoms with Crippen molar-refractivity contribution in [3.63, 3.8) is 0 Å². The molecule has 1 atom stereocenters. The van der Waals surface area contributed by atoms with Gasteiger partial charge in [0.25, 0.3) is 0 Å². The van der Waals surface area contributed by atoms with E-state index in [0.717, 1.165) is 24.1 Å². The highest BCUT2D eigenvalue weighted by atomic mass is 79.9. The molecule has 0 amide bonds. The lowest BCUT2D eigenvalue weighted by Gasteiger charge is -2.29. The van der Waals surface area contributed by atoms with Gasteiger partial charge in [0.15, 0.2) is 0 Å². The van der Waals surface area contributed by atoms with Crippen molar-refractivity contribution < 1.29 is 4.74 Å². The third-order valence-corrected chi connectivity index (χ3v) is 3.42. The molecule has 1 aliphatic rings. The van der Waals surface area contributed by atoms with E-state index in [9.17, 15) is 0 Å². The number of rotatable bonds is 4. The first-order valence-corrected chi connectivity index (χ1v) is 6.12. The number of benzene rings is 1. The fraction of sp³-hybridized carbons (Fsp3) is 0.500. The minimum atomic E-state index is 0.469. The highest BCUT2D eigenvalue weighted by molar-refractivity contribution is 9.10. The Morgan fingerprint density at radius 1 is 1.47 bits per heavy atom. The van der Waals surface area contributed by atoms with Crippen LogP contribution in [0.5, 0.6) is 0 Å². The van der Waals surface area contributed by atoms with E-state index in [2.05, 4.69) is 34.1 Å². The quantitative estimate of drug-likeness (QED) is 0.912. The molecule has 0 bridgehead atoms. The number of ether oxygens (including phenoxy) is 1. The Morgan fingerprint density at radius 3 is 2.80 bits per heavy atom. The standard InChI is InChI=1S/C12H16BrNO/c13-12-3-1-2-10(5-12)11(6-14)4-9-7-15-8-9/h1-3,5,9,11H,4,6-8,14H2. The average molecular weight is 270 g/mol. The lowest BCUT2D eigenvalue weighted by atomic mass is 9.88. The third kappa shape index (κ3) is 2.80. The second-order valence-electron chi connectivity index (χ2n) is 4.13. The van der Waals surface area contributed by atoms with E-state index >= 15 is 0 Å². The first kappa shape index (κ1) is 11.1. The van der Waals surface area contributed by atoms with Gasteiger partial charge in [-0.15, -0.1) is 0 Å². The summed E-state index contributed by atoms with van der Waals surface area (Å²) in [5.74, 6) is 1.17. The smallest absolute Gasteiger partial charge is 0.0516 e. The first-order chi connectivity index (χ1) is 7.29. The summed E-state index contributed by atoms with van der Waals surface area (Å²) in [6.45, 7) is 2.53. The molecule has 1 fully saturated rings. The minimum Gasteiger partial charge on any atom is -0.381 e. The zero-order valence-electron chi connectivity index (χ0n) is 8.66. The van der Waals surface area contributed by atoms with Gasteiger partial charge in [0, 0.05) is 10.4 Å².